The summed E-state index contributed by atoms with van der Waals surface area (Å²) in [5.74, 6) is 0.455. The summed E-state index contributed by atoms with van der Waals surface area (Å²) < 4.78 is 31.4. The lowest BCUT2D eigenvalue weighted by Crippen LogP contribution is -2.41. The Morgan fingerprint density at radius 3 is 2.62 bits per heavy atom. The Hall–Kier alpha value is -2.33. The van der Waals surface area contributed by atoms with Gasteiger partial charge in [0.25, 0.3) is 5.89 Å². The number of piperidine rings is 1. The largest absolute Gasteiger partial charge is 0.441 e. The van der Waals surface area contributed by atoms with E-state index in [0.717, 1.165) is 25.9 Å². The van der Waals surface area contributed by atoms with Gasteiger partial charge >= 0.3 is 6.02 Å². The van der Waals surface area contributed by atoms with Crippen LogP contribution in [0.25, 0.3) is 11.4 Å². The fraction of sp³-hybridized carbons (Fsp3) is 0.591. The minimum atomic E-state index is -0.348. The molecule has 0 unspecified atom stereocenters. The number of benzene rings is 1. The quantitative estimate of drug-likeness (QED) is 0.600. The van der Waals surface area contributed by atoms with E-state index >= 15 is 0 Å². The second kappa shape index (κ2) is 9.27. The molecule has 0 radical (unpaired) electrons. The highest BCUT2D eigenvalue weighted by Gasteiger charge is 2.32. The maximum absolute atomic E-state index is 14.1. The number of halogens is 1. The van der Waals surface area contributed by atoms with Crippen molar-refractivity contribution in [2.45, 2.75) is 63.2 Å². The summed E-state index contributed by atoms with van der Waals surface area (Å²) in [6.45, 7) is 10.3. The van der Waals surface area contributed by atoms with Crippen molar-refractivity contribution in [3.8, 4) is 11.4 Å². The van der Waals surface area contributed by atoms with Crippen LogP contribution in [0.2, 0.25) is 0 Å². The van der Waals surface area contributed by atoms with E-state index in [1.807, 2.05) is 18.2 Å². The van der Waals surface area contributed by atoms with Gasteiger partial charge in [-0.05, 0) is 65.0 Å². The van der Waals surface area contributed by atoms with Crippen LogP contribution in [0.4, 0.5) is 4.39 Å². The average molecular weight is 464 g/mol. The second-order valence-corrected chi connectivity index (χ2v) is 9.84. The number of ether oxygens (including phenoxy) is 2. The van der Waals surface area contributed by atoms with Crippen LogP contribution in [0.3, 0.4) is 0 Å². The standard InChI is InChI=1S/C22H30FN5O3S/c1-14(20-24-19(26-31-20)15-6-7-18(32-5)17(23)12-15)30-16-8-10-27(11-9-16)21-25-28(13-29-21)22(2,3)4/h6-7,12,14,16H,8-11,13H2,1-5H3/t14-/m1/s1. The number of thioether (sulfide) groups is 1. The molecule has 32 heavy (non-hydrogen) atoms. The molecule has 10 heteroatoms. The van der Waals surface area contributed by atoms with Crippen molar-refractivity contribution >= 4 is 17.8 Å². The molecule has 0 saturated carbocycles. The Bertz CT molecular complexity index is 969. The molecule has 2 aromatic rings. The van der Waals surface area contributed by atoms with Crippen LogP contribution >= 0.6 is 11.8 Å². The Morgan fingerprint density at radius 2 is 2.00 bits per heavy atom. The normalized spacial score (nSPS) is 18.6. The highest BCUT2D eigenvalue weighted by Crippen LogP contribution is 2.28. The van der Waals surface area contributed by atoms with Crippen LogP contribution in [0.1, 0.15) is 52.5 Å². The zero-order chi connectivity index (χ0) is 22.9. The fourth-order valence-electron chi connectivity index (χ4n) is 3.63. The molecular formula is C22H30FN5O3S. The van der Waals surface area contributed by atoms with Crippen molar-refractivity contribution in [2.24, 2.45) is 5.10 Å². The Morgan fingerprint density at radius 1 is 1.25 bits per heavy atom. The van der Waals surface area contributed by atoms with Gasteiger partial charge in [-0.1, -0.05) is 5.16 Å². The summed E-state index contributed by atoms with van der Waals surface area (Å²) in [7, 11) is 0. The molecule has 3 heterocycles. The summed E-state index contributed by atoms with van der Waals surface area (Å²) in [5, 5.41) is 10.6. The second-order valence-electron chi connectivity index (χ2n) is 9.00. The third-order valence-corrected chi connectivity index (χ3v) is 6.38. The molecule has 0 amide bonds. The Balaban J connectivity index is 1.31. The number of likely N-dealkylation sites (tertiary alicyclic amines) is 1. The first kappa shape index (κ1) is 22.8. The van der Waals surface area contributed by atoms with E-state index in [9.17, 15) is 4.39 Å². The van der Waals surface area contributed by atoms with Crippen molar-refractivity contribution in [3.63, 3.8) is 0 Å². The number of hydrogen-bond donors (Lipinski definition) is 0. The smallest absolute Gasteiger partial charge is 0.311 e. The van der Waals surface area contributed by atoms with E-state index in [1.165, 1.54) is 17.8 Å². The predicted molar refractivity (Wildman–Crippen MR) is 121 cm³/mol. The van der Waals surface area contributed by atoms with Crippen molar-refractivity contribution in [2.75, 3.05) is 26.1 Å². The molecule has 2 aliphatic rings. The van der Waals surface area contributed by atoms with Gasteiger partial charge in [-0.3, -0.25) is 5.01 Å². The van der Waals surface area contributed by atoms with E-state index in [2.05, 4.69) is 40.9 Å². The van der Waals surface area contributed by atoms with Gasteiger partial charge in [0.05, 0.1) is 11.6 Å². The molecule has 0 bridgehead atoms. The maximum Gasteiger partial charge on any atom is 0.311 e. The number of aromatic nitrogens is 2. The highest BCUT2D eigenvalue weighted by atomic mass is 32.2. The molecule has 1 saturated heterocycles. The summed E-state index contributed by atoms with van der Waals surface area (Å²) in [6.07, 6.45) is 3.27. The topological polar surface area (TPSA) is 76.2 Å². The molecule has 174 valence electrons. The average Bonchev–Trinajstić information content (AvgIpc) is 3.44. The summed E-state index contributed by atoms with van der Waals surface area (Å²) in [5.41, 5.74) is 0.516. The lowest BCUT2D eigenvalue weighted by Gasteiger charge is -2.32. The van der Waals surface area contributed by atoms with Crippen LogP contribution in [-0.4, -0.2) is 63.8 Å². The molecular weight excluding hydrogens is 433 g/mol. The van der Waals surface area contributed by atoms with E-state index in [1.54, 1.807) is 12.1 Å². The van der Waals surface area contributed by atoms with E-state index in [4.69, 9.17) is 14.0 Å². The summed E-state index contributed by atoms with van der Waals surface area (Å²) in [4.78, 5) is 7.16. The van der Waals surface area contributed by atoms with Gasteiger partial charge in [0, 0.05) is 23.5 Å². The van der Waals surface area contributed by atoms with Crippen LogP contribution in [0, 0.1) is 5.82 Å². The molecule has 1 fully saturated rings. The first-order valence-corrected chi connectivity index (χ1v) is 12.0. The third kappa shape index (κ3) is 5.01. The minimum Gasteiger partial charge on any atom is -0.441 e. The molecule has 1 aromatic heterocycles. The van der Waals surface area contributed by atoms with Crippen LogP contribution in [0.15, 0.2) is 32.7 Å². The zero-order valence-electron chi connectivity index (χ0n) is 19.2. The SMILES string of the molecule is CSc1ccc(-c2noc([C@@H](C)OC3CCN(C4=NN(C(C)(C)C)CO4)CC3)n2)cc1F. The first-order valence-electron chi connectivity index (χ1n) is 10.8. The molecule has 1 atom stereocenters. The fourth-order valence-corrected chi connectivity index (χ4v) is 4.09. The highest BCUT2D eigenvalue weighted by molar-refractivity contribution is 7.98. The number of nitrogens with zero attached hydrogens (tertiary/aromatic N) is 5. The van der Waals surface area contributed by atoms with Crippen LogP contribution in [0.5, 0.6) is 0 Å². The molecule has 0 N–H and O–H groups in total. The monoisotopic (exact) mass is 463 g/mol. The van der Waals surface area contributed by atoms with Gasteiger partial charge in [0.2, 0.25) is 5.82 Å². The number of amidine groups is 1. The van der Waals surface area contributed by atoms with Crippen LogP contribution < -0.4 is 0 Å². The van der Waals surface area contributed by atoms with Crippen molar-refractivity contribution in [1.29, 1.82) is 0 Å². The first-order chi connectivity index (χ1) is 15.2. The molecule has 0 aliphatic carbocycles. The van der Waals surface area contributed by atoms with Crippen molar-refractivity contribution < 1.29 is 18.4 Å². The van der Waals surface area contributed by atoms with E-state index in [0.29, 0.717) is 34.9 Å². The van der Waals surface area contributed by atoms with Gasteiger partial charge < -0.3 is 18.9 Å². The lowest BCUT2D eigenvalue weighted by molar-refractivity contribution is -0.0428. The van der Waals surface area contributed by atoms with Gasteiger partial charge in [-0.15, -0.1) is 16.9 Å². The lowest BCUT2D eigenvalue weighted by atomic mass is 10.1. The van der Waals surface area contributed by atoms with Crippen molar-refractivity contribution in [1.82, 2.24) is 20.0 Å². The molecule has 1 aromatic carbocycles. The van der Waals surface area contributed by atoms with E-state index in [-0.39, 0.29) is 23.6 Å². The molecule has 0 spiro atoms. The van der Waals surface area contributed by atoms with Gasteiger partial charge in [0.1, 0.15) is 11.9 Å². The van der Waals surface area contributed by atoms with Gasteiger partial charge in [-0.2, -0.15) is 4.98 Å². The molecule has 4 rings (SSSR count). The van der Waals surface area contributed by atoms with Gasteiger partial charge in [0.15, 0.2) is 6.73 Å². The minimum absolute atomic E-state index is 0.0652. The van der Waals surface area contributed by atoms with Crippen LogP contribution in [-0.2, 0) is 9.47 Å². The third-order valence-electron chi connectivity index (χ3n) is 5.61. The predicted octanol–water partition coefficient (Wildman–Crippen LogP) is 4.50. The van der Waals surface area contributed by atoms with Gasteiger partial charge in [-0.25, -0.2) is 4.39 Å². The summed E-state index contributed by atoms with van der Waals surface area (Å²) >= 11 is 1.36. The zero-order valence-corrected chi connectivity index (χ0v) is 20.0. The number of rotatable bonds is 5. The van der Waals surface area contributed by atoms with E-state index < -0.39 is 0 Å². The number of hydrogen-bond acceptors (Lipinski definition) is 9. The maximum atomic E-state index is 14.1. The molecule has 2 aliphatic heterocycles. The summed E-state index contributed by atoms with van der Waals surface area (Å²) in [6, 6.07) is 5.63. The Kier molecular flexibility index (Phi) is 6.62. The Labute approximate surface area is 192 Å². The van der Waals surface area contributed by atoms with Crippen molar-refractivity contribution in [3.05, 3.63) is 29.9 Å². The molecule has 8 nitrogen and oxygen atoms in total. The number of hydrazone groups is 1.